The summed E-state index contributed by atoms with van der Waals surface area (Å²) in [6, 6.07) is 26.8. The van der Waals surface area contributed by atoms with E-state index >= 15 is 0 Å². The van der Waals surface area contributed by atoms with E-state index in [0.29, 0.717) is 23.2 Å². The van der Waals surface area contributed by atoms with Crippen molar-refractivity contribution in [2.45, 2.75) is 65.7 Å². The molecule has 6 rings (SSSR count). The Hall–Kier alpha value is -4.38. The first-order chi connectivity index (χ1) is 20.5. The Kier molecular flexibility index (Phi) is 6.95. The molecule has 1 aliphatic rings. The maximum absolute atomic E-state index is 6.01. The lowest BCUT2D eigenvalue weighted by Crippen LogP contribution is -2.42. The van der Waals surface area contributed by atoms with Gasteiger partial charge in [-0.05, 0) is 51.5 Å². The van der Waals surface area contributed by atoms with Crippen molar-refractivity contribution in [1.82, 2.24) is 19.9 Å². The summed E-state index contributed by atoms with van der Waals surface area (Å²) in [6.45, 7) is 16.5. The molecule has 218 valence electrons. The van der Waals surface area contributed by atoms with Gasteiger partial charge >= 0.3 is 0 Å². The standard InChI is InChI=1S/C38H40N4O/c1-9-24-20-29-30(37(4,5)38(6,7)36(29,2)3)22-28(24)32-31(43-8)21-27(23-39-32)35-41-33(25-16-12-10-13-17-25)40-34(42-35)26-18-14-11-15-19-26/h10-23H,9H2,1-8H3. The van der Waals surface area contributed by atoms with E-state index in [0.717, 1.165) is 34.4 Å². The zero-order valence-corrected chi connectivity index (χ0v) is 26.5. The third-order valence-corrected chi connectivity index (χ3v) is 10.4. The number of rotatable bonds is 6. The highest BCUT2D eigenvalue weighted by Gasteiger charge is 2.57. The Morgan fingerprint density at radius 3 is 1.60 bits per heavy atom. The number of pyridine rings is 1. The van der Waals surface area contributed by atoms with Crippen molar-refractivity contribution in [2.75, 3.05) is 7.11 Å². The summed E-state index contributed by atoms with van der Waals surface area (Å²) in [7, 11) is 1.71. The number of ether oxygens (including phenoxy) is 1. The molecule has 0 saturated heterocycles. The Balaban J connectivity index is 1.51. The van der Waals surface area contributed by atoms with Crippen molar-refractivity contribution in [1.29, 1.82) is 0 Å². The molecule has 1 aliphatic carbocycles. The van der Waals surface area contributed by atoms with Gasteiger partial charge in [-0.2, -0.15) is 0 Å². The number of aryl methyl sites for hydroxylation is 1. The fourth-order valence-corrected chi connectivity index (χ4v) is 6.51. The number of methoxy groups -OCH3 is 1. The zero-order chi connectivity index (χ0) is 30.6. The lowest BCUT2D eigenvalue weighted by atomic mass is 9.59. The van der Waals surface area contributed by atoms with Gasteiger partial charge < -0.3 is 4.74 Å². The summed E-state index contributed by atoms with van der Waals surface area (Å²) in [5.41, 5.74) is 8.81. The van der Waals surface area contributed by atoms with E-state index in [9.17, 15) is 0 Å². The number of hydrogen-bond donors (Lipinski definition) is 0. The lowest BCUT2D eigenvalue weighted by molar-refractivity contribution is 0.125. The van der Waals surface area contributed by atoms with Crippen molar-refractivity contribution < 1.29 is 4.74 Å². The minimum Gasteiger partial charge on any atom is -0.494 e. The van der Waals surface area contributed by atoms with Crippen LogP contribution in [-0.2, 0) is 17.3 Å². The molecule has 0 bridgehead atoms. The van der Waals surface area contributed by atoms with Crippen molar-refractivity contribution in [2.24, 2.45) is 5.41 Å². The Labute approximate surface area is 255 Å². The Morgan fingerprint density at radius 1 is 0.628 bits per heavy atom. The summed E-state index contributed by atoms with van der Waals surface area (Å²) in [4.78, 5) is 19.6. The molecule has 2 aromatic heterocycles. The van der Waals surface area contributed by atoms with Gasteiger partial charge in [-0.1, -0.05) is 115 Å². The minimum absolute atomic E-state index is 0.00735. The van der Waals surface area contributed by atoms with Crippen LogP contribution in [0, 0.1) is 5.41 Å². The third-order valence-electron chi connectivity index (χ3n) is 10.4. The molecule has 0 saturated carbocycles. The van der Waals surface area contributed by atoms with E-state index in [4.69, 9.17) is 24.7 Å². The first-order valence-electron chi connectivity index (χ1n) is 15.1. The van der Waals surface area contributed by atoms with Crippen LogP contribution in [0.1, 0.15) is 65.2 Å². The average molecular weight is 569 g/mol. The van der Waals surface area contributed by atoms with Gasteiger partial charge in [0.05, 0.1) is 7.11 Å². The molecule has 0 fully saturated rings. The van der Waals surface area contributed by atoms with Gasteiger partial charge in [0, 0.05) is 28.5 Å². The van der Waals surface area contributed by atoms with Gasteiger partial charge in [-0.15, -0.1) is 0 Å². The fourth-order valence-electron chi connectivity index (χ4n) is 6.51. The van der Waals surface area contributed by atoms with Crippen molar-refractivity contribution >= 4 is 0 Å². The number of nitrogens with zero attached hydrogens (tertiary/aromatic N) is 4. The van der Waals surface area contributed by atoms with Crippen LogP contribution in [0.2, 0.25) is 0 Å². The normalized spacial score (nSPS) is 16.1. The Morgan fingerprint density at radius 2 is 1.12 bits per heavy atom. The predicted octanol–water partition coefficient (Wildman–Crippen LogP) is 9.10. The molecular formula is C38H40N4O. The zero-order valence-electron chi connectivity index (χ0n) is 26.5. The summed E-state index contributed by atoms with van der Waals surface area (Å²) in [5.74, 6) is 2.49. The van der Waals surface area contributed by atoms with E-state index in [1.54, 1.807) is 7.11 Å². The average Bonchev–Trinajstić information content (AvgIpc) is 3.13. The van der Waals surface area contributed by atoms with E-state index < -0.39 is 0 Å². The topological polar surface area (TPSA) is 60.8 Å². The highest BCUT2D eigenvalue weighted by atomic mass is 16.5. The van der Waals surface area contributed by atoms with E-state index in [-0.39, 0.29) is 16.2 Å². The largest absolute Gasteiger partial charge is 0.494 e. The van der Waals surface area contributed by atoms with E-state index in [1.165, 1.54) is 16.7 Å². The second kappa shape index (κ2) is 10.4. The summed E-state index contributed by atoms with van der Waals surface area (Å²) in [5, 5.41) is 0. The molecule has 0 N–H and O–H groups in total. The van der Waals surface area contributed by atoms with Crippen molar-refractivity contribution in [3.8, 4) is 51.2 Å². The van der Waals surface area contributed by atoms with E-state index in [2.05, 4.69) is 60.6 Å². The van der Waals surface area contributed by atoms with Crippen LogP contribution >= 0.6 is 0 Å². The summed E-state index contributed by atoms with van der Waals surface area (Å²) in [6.07, 6.45) is 2.77. The number of benzene rings is 3. The van der Waals surface area contributed by atoms with Crippen LogP contribution < -0.4 is 4.74 Å². The second-order valence-electron chi connectivity index (χ2n) is 13.1. The number of fused-ring (bicyclic) bond motifs is 1. The lowest BCUT2D eigenvalue weighted by Gasteiger charge is -2.44. The molecule has 0 aliphatic heterocycles. The first-order valence-corrected chi connectivity index (χ1v) is 15.1. The smallest absolute Gasteiger partial charge is 0.165 e. The van der Waals surface area contributed by atoms with Gasteiger partial charge in [-0.3, -0.25) is 4.98 Å². The van der Waals surface area contributed by atoms with Crippen LogP contribution in [-0.4, -0.2) is 27.0 Å². The number of aromatic nitrogens is 4. The molecule has 5 nitrogen and oxygen atoms in total. The maximum atomic E-state index is 6.01. The molecule has 0 radical (unpaired) electrons. The molecule has 0 unspecified atom stereocenters. The predicted molar refractivity (Wildman–Crippen MR) is 175 cm³/mol. The quantitative estimate of drug-likeness (QED) is 0.204. The van der Waals surface area contributed by atoms with Gasteiger partial charge in [-0.25, -0.2) is 15.0 Å². The minimum atomic E-state index is -0.00735. The second-order valence-corrected chi connectivity index (χ2v) is 13.1. The summed E-state index contributed by atoms with van der Waals surface area (Å²) < 4.78 is 6.01. The van der Waals surface area contributed by atoms with Gasteiger partial charge in [0.15, 0.2) is 17.5 Å². The first kappa shape index (κ1) is 28.7. The van der Waals surface area contributed by atoms with Crippen LogP contribution in [0.25, 0.3) is 45.4 Å². The molecule has 5 aromatic rings. The third kappa shape index (κ3) is 4.53. The van der Waals surface area contributed by atoms with Crippen LogP contribution in [0.3, 0.4) is 0 Å². The van der Waals surface area contributed by atoms with Gasteiger partial charge in [0.2, 0.25) is 0 Å². The molecule has 0 spiro atoms. The maximum Gasteiger partial charge on any atom is 0.165 e. The molecule has 3 aromatic carbocycles. The number of hydrogen-bond acceptors (Lipinski definition) is 5. The molecule has 2 heterocycles. The highest BCUT2D eigenvalue weighted by molar-refractivity contribution is 5.76. The molecule has 5 heteroatoms. The van der Waals surface area contributed by atoms with Gasteiger partial charge in [0.25, 0.3) is 0 Å². The van der Waals surface area contributed by atoms with Crippen LogP contribution in [0.5, 0.6) is 5.75 Å². The van der Waals surface area contributed by atoms with Gasteiger partial charge in [0.1, 0.15) is 11.4 Å². The molecule has 43 heavy (non-hydrogen) atoms. The van der Waals surface area contributed by atoms with Crippen LogP contribution in [0.4, 0.5) is 0 Å². The highest BCUT2D eigenvalue weighted by Crippen LogP contribution is 2.62. The fraction of sp³-hybridized carbons (Fsp3) is 0.316. The Bertz CT molecular complexity index is 1750. The van der Waals surface area contributed by atoms with Crippen LogP contribution in [0.15, 0.2) is 85.1 Å². The SMILES string of the molecule is CCc1cc2c(cc1-c1ncc(-c3nc(-c4ccccc4)nc(-c4ccccc4)n3)cc1OC)C(C)(C)C(C)(C)C2(C)C. The van der Waals surface area contributed by atoms with Crippen molar-refractivity contribution in [3.63, 3.8) is 0 Å². The van der Waals surface area contributed by atoms with Crippen molar-refractivity contribution in [3.05, 3.63) is 102 Å². The monoisotopic (exact) mass is 568 g/mol. The molecular weight excluding hydrogens is 528 g/mol. The molecule has 0 amide bonds. The van der Waals surface area contributed by atoms with E-state index in [1.807, 2.05) is 72.9 Å². The molecule has 0 atom stereocenters. The summed E-state index contributed by atoms with van der Waals surface area (Å²) >= 11 is 0.